The van der Waals surface area contributed by atoms with Crippen molar-refractivity contribution < 1.29 is 4.79 Å². The number of nitrogens with one attached hydrogen (secondary N) is 2. The van der Waals surface area contributed by atoms with Crippen molar-refractivity contribution in [3.63, 3.8) is 0 Å². The molecule has 4 rings (SSSR count). The van der Waals surface area contributed by atoms with Gasteiger partial charge < -0.3 is 10.3 Å². The highest BCUT2D eigenvalue weighted by Crippen LogP contribution is 2.33. The van der Waals surface area contributed by atoms with E-state index < -0.39 is 0 Å². The molecule has 3 heterocycles. The Hall–Kier alpha value is -2.19. The van der Waals surface area contributed by atoms with E-state index in [1.165, 1.54) is 16.9 Å². The van der Waals surface area contributed by atoms with Crippen LogP contribution in [0.5, 0.6) is 0 Å². The van der Waals surface area contributed by atoms with Crippen molar-refractivity contribution in [2.75, 3.05) is 5.75 Å². The quantitative estimate of drug-likeness (QED) is 0.560. The van der Waals surface area contributed by atoms with E-state index in [1.807, 2.05) is 25.1 Å². The van der Waals surface area contributed by atoms with Crippen molar-refractivity contribution >= 4 is 39.2 Å². The third-order valence-electron chi connectivity index (χ3n) is 5.10. The van der Waals surface area contributed by atoms with E-state index >= 15 is 0 Å². The van der Waals surface area contributed by atoms with E-state index in [-0.39, 0.29) is 17.5 Å². The fourth-order valence-corrected chi connectivity index (χ4v) is 5.72. The smallest absolute Gasteiger partial charge is 0.259 e. The molecule has 0 aliphatic heterocycles. The number of aromatic amines is 1. The number of rotatable bonds is 7. The normalized spacial score (nSPS) is 14.5. The van der Waals surface area contributed by atoms with Gasteiger partial charge in [-0.25, -0.2) is 4.98 Å². The average Bonchev–Trinajstić information content (AvgIpc) is 3.10. The fourth-order valence-electron chi connectivity index (χ4n) is 3.63. The molecule has 0 fully saturated rings. The summed E-state index contributed by atoms with van der Waals surface area (Å²) >= 11 is 3.27. The molecule has 0 radical (unpaired) electrons. The minimum atomic E-state index is -0.112. The minimum absolute atomic E-state index is 0.00140. The number of thioether (sulfide) groups is 1. The number of pyridine rings is 1. The Morgan fingerprint density at radius 1 is 1.34 bits per heavy atom. The molecule has 29 heavy (non-hydrogen) atoms. The molecular weight excluding hydrogens is 404 g/mol. The fraction of sp³-hybridized carbons (Fsp3) is 0.429. The summed E-state index contributed by atoms with van der Waals surface area (Å²) in [6.45, 7) is 1.93. The Morgan fingerprint density at radius 2 is 2.21 bits per heavy atom. The van der Waals surface area contributed by atoms with Crippen LogP contribution in [0.4, 0.5) is 0 Å². The van der Waals surface area contributed by atoms with Gasteiger partial charge in [0.2, 0.25) is 5.91 Å². The van der Waals surface area contributed by atoms with Crippen LogP contribution in [0.1, 0.15) is 54.2 Å². The Labute approximate surface area is 177 Å². The Morgan fingerprint density at radius 3 is 3.03 bits per heavy atom. The number of amides is 1. The average molecular weight is 429 g/mol. The molecule has 1 aliphatic carbocycles. The summed E-state index contributed by atoms with van der Waals surface area (Å²) in [6, 6.07) is 5.56. The van der Waals surface area contributed by atoms with E-state index in [9.17, 15) is 9.59 Å². The van der Waals surface area contributed by atoms with E-state index in [2.05, 4.69) is 20.3 Å². The lowest BCUT2D eigenvalue weighted by Crippen LogP contribution is -2.27. The number of H-pyrrole nitrogens is 1. The third-order valence-corrected chi connectivity index (χ3v) is 7.25. The van der Waals surface area contributed by atoms with Crippen LogP contribution in [-0.2, 0) is 23.4 Å². The van der Waals surface area contributed by atoms with Gasteiger partial charge >= 0.3 is 0 Å². The number of nitrogens with zero attached hydrogens (tertiary/aromatic N) is 2. The van der Waals surface area contributed by atoms with Crippen LogP contribution >= 0.6 is 23.1 Å². The Bertz CT molecular complexity index is 1060. The summed E-state index contributed by atoms with van der Waals surface area (Å²) < 4.78 is 0. The molecule has 1 amide bonds. The standard InChI is InChI=1S/C21H24N4O2S2/c1-13(15-7-4-5-10-22-15)23-18(26)9-11-28-12-17-24-20(27)19-14-6-2-3-8-16(14)29-21(19)25-17/h4-5,7,10,13H,2-3,6,8-9,11-12H2,1H3,(H,23,26)(H,24,25,27). The summed E-state index contributed by atoms with van der Waals surface area (Å²) in [6.07, 6.45) is 6.54. The molecule has 152 valence electrons. The number of fused-ring (bicyclic) bond motifs is 3. The molecule has 0 bridgehead atoms. The lowest BCUT2D eigenvalue weighted by atomic mass is 9.97. The molecule has 3 aromatic heterocycles. The van der Waals surface area contributed by atoms with Crippen LogP contribution in [-0.4, -0.2) is 26.6 Å². The first-order valence-corrected chi connectivity index (χ1v) is 11.9. The van der Waals surface area contributed by atoms with Gasteiger partial charge in [0.05, 0.1) is 22.9 Å². The van der Waals surface area contributed by atoms with Gasteiger partial charge in [0.25, 0.3) is 5.56 Å². The van der Waals surface area contributed by atoms with Crippen molar-refractivity contribution in [2.45, 2.75) is 50.8 Å². The lowest BCUT2D eigenvalue weighted by molar-refractivity contribution is -0.121. The summed E-state index contributed by atoms with van der Waals surface area (Å²) in [7, 11) is 0. The maximum Gasteiger partial charge on any atom is 0.259 e. The van der Waals surface area contributed by atoms with Crippen LogP contribution in [0.2, 0.25) is 0 Å². The molecule has 8 heteroatoms. The first kappa shape index (κ1) is 20.1. The second-order valence-electron chi connectivity index (χ2n) is 7.25. The molecule has 0 aromatic carbocycles. The Balaban J connectivity index is 1.30. The second-order valence-corrected chi connectivity index (χ2v) is 9.44. The molecular formula is C21H24N4O2S2. The maximum atomic E-state index is 12.6. The number of carbonyl (C=O) groups is 1. The molecule has 3 aromatic rings. The molecule has 0 spiro atoms. The molecule has 2 N–H and O–H groups in total. The number of aryl methyl sites for hydroxylation is 2. The van der Waals surface area contributed by atoms with Crippen LogP contribution in [0.3, 0.4) is 0 Å². The van der Waals surface area contributed by atoms with Crippen molar-refractivity contribution in [3.05, 3.63) is 56.7 Å². The summed E-state index contributed by atoms with van der Waals surface area (Å²) in [5, 5.41) is 3.76. The van der Waals surface area contributed by atoms with Gasteiger partial charge in [0.1, 0.15) is 10.7 Å². The molecule has 1 unspecified atom stereocenters. The first-order chi connectivity index (χ1) is 14.1. The predicted octanol–water partition coefficient (Wildman–Crippen LogP) is 3.76. The van der Waals surface area contributed by atoms with Gasteiger partial charge in [-0.05, 0) is 50.3 Å². The topological polar surface area (TPSA) is 87.7 Å². The van der Waals surface area contributed by atoms with Gasteiger partial charge in [-0.15, -0.1) is 11.3 Å². The zero-order chi connectivity index (χ0) is 20.2. The number of carbonyl (C=O) groups excluding carboxylic acids is 1. The van der Waals surface area contributed by atoms with Gasteiger partial charge in [0, 0.05) is 23.2 Å². The summed E-state index contributed by atoms with van der Waals surface area (Å²) in [4.78, 5) is 38.8. The lowest BCUT2D eigenvalue weighted by Gasteiger charge is -2.13. The van der Waals surface area contributed by atoms with Crippen molar-refractivity contribution in [3.8, 4) is 0 Å². The summed E-state index contributed by atoms with van der Waals surface area (Å²) in [5.41, 5.74) is 2.04. The highest BCUT2D eigenvalue weighted by Gasteiger charge is 2.19. The highest BCUT2D eigenvalue weighted by molar-refractivity contribution is 7.98. The van der Waals surface area contributed by atoms with E-state index in [1.54, 1.807) is 29.3 Å². The maximum absolute atomic E-state index is 12.6. The summed E-state index contributed by atoms with van der Waals surface area (Å²) in [5.74, 6) is 1.95. The van der Waals surface area contributed by atoms with Crippen LogP contribution in [0.25, 0.3) is 10.2 Å². The van der Waals surface area contributed by atoms with Gasteiger partial charge in [-0.1, -0.05) is 6.07 Å². The molecule has 1 aliphatic rings. The van der Waals surface area contributed by atoms with Crippen molar-refractivity contribution in [1.29, 1.82) is 0 Å². The molecule has 1 atom stereocenters. The van der Waals surface area contributed by atoms with Gasteiger partial charge in [0.15, 0.2) is 0 Å². The van der Waals surface area contributed by atoms with Crippen LogP contribution < -0.4 is 10.9 Å². The molecule has 6 nitrogen and oxygen atoms in total. The number of aromatic nitrogens is 3. The third kappa shape index (κ3) is 4.70. The van der Waals surface area contributed by atoms with E-state index in [0.717, 1.165) is 35.2 Å². The number of hydrogen-bond acceptors (Lipinski definition) is 6. The molecule has 0 saturated heterocycles. The van der Waals surface area contributed by atoms with Crippen molar-refractivity contribution in [1.82, 2.24) is 20.3 Å². The number of hydrogen-bond donors (Lipinski definition) is 2. The predicted molar refractivity (Wildman–Crippen MR) is 118 cm³/mol. The zero-order valence-electron chi connectivity index (χ0n) is 16.4. The highest BCUT2D eigenvalue weighted by atomic mass is 32.2. The first-order valence-electron chi connectivity index (χ1n) is 9.93. The van der Waals surface area contributed by atoms with Gasteiger partial charge in [-0.2, -0.15) is 11.8 Å². The molecule has 0 saturated carbocycles. The zero-order valence-corrected chi connectivity index (χ0v) is 18.0. The largest absolute Gasteiger partial charge is 0.348 e. The monoisotopic (exact) mass is 428 g/mol. The minimum Gasteiger partial charge on any atom is -0.348 e. The SMILES string of the molecule is CC(NC(=O)CCSCc1nc2sc3c(c2c(=O)[nH]1)CCCC3)c1ccccn1. The van der Waals surface area contributed by atoms with Gasteiger partial charge in [-0.3, -0.25) is 14.6 Å². The van der Waals surface area contributed by atoms with Crippen LogP contribution in [0.15, 0.2) is 29.2 Å². The second kappa shape index (κ2) is 9.09. The van der Waals surface area contributed by atoms with E-state index in [0.29, 0.717) is 23.8 Å². The van der Waals surface area contributed by atoms with E-state index in [4.69, 9.17) is 0 Å². The number of thiophene rings is 1. The van der Waals surface area contributed by atoms with Crippen molar-refractivity contribution in [2.24, 2.45) is 0 Å². The Kier molecular flexibility index (Phi) is 6.30. The van der Waals surface area contributed by atoms with Crippen LogP contribution in [0, 0.1) is 0 Å².